The zero-order valence-corrected chi connectivity index (χ0v) is 24.6. The molecule has 2 aliphatic rings. The van der Waals surface area contributed by atoms with E-state index in [0.717, 1.165) is 60.2 Å². The molecule has 1 aromatic carbocycles. The van der Waals surface area contributed by atoms with Crippen LogP contribution in [0.3, 0.4) is 0 Å². The summed E-state index contributed by atoms with van der Waals surface area (Å²) in [5, 5.41) is 11.0. The summed E-state index contributed by atoms with van der Waals surface area (Å²) in [5.41, 5.74) is 5.47. The number of benzene rings is 1. The molecule has 2 amide bonds. The first-order chi connectivity index (χ1) is 20.8. The molecule has 6 rings (SSSR count). The van der Waals surface area contributed by atoms with E-state index in [4.69, 9.17) is 14.8 Å². The van der Waals surface area contributed by atoms with Crippen molar-refractivity contribution in [3.05, 3.63) is 83.4 Å². The fourth-order valence-electron chi connectivity index (χ4n) is 5.99. The Kier molecular flexibility index (Phi) is 8.24. The van der Waals surface area contributed by atoms with Gasteiger partial charge in [-0.05, 0) is 37.2 Å². The molecule has 0 saturated carbocycles. The number of nitrogens with one attached hydrogen (secondary N) is 2. The van der Waals surface area contributed by atoms with E-state index in [9.17, 15) is 13.6 Å². The maximum atomic E-state index is 13.9. The normalized spacial score (nSPS) is 18.7. The number of carbonyl (C=O) groups excluding carboxylic acids is 1. The van der Waals surface area contributed by atoms with Crippen molar-refractivity contribution in [1.29, 1.82) is 0 Å². The van der Waals surface area contributed by atoms with Crippen molar-refractivity contribution in [2.45, 2.75) is 39.0 Å². The quantitative estimate of drug-likeness (QED) is 0.301. The second-order valence-corrected chi connectivity index (χ2v) is 11.1. The summed E-state index contributed by atoms with van der Waals surface area (Å²) in [6.45, 7) is 8.85. The Morgan fingerprint density at radius 3 is 2.58 bits per heavy atom. The number of amides is 2. The molecule has 4 aromatic rings. The van der Waals surface area contributed by atoms with E-state index in [1.807, 2.05) is 43.5 Å². The molecule has 0 spiro atoms. The number of ether oxygens (including phenoxy) is 1. The summed E-state index contributed by atoms with van der Waals surface area (Å²) < 4.78 is 36.3. The minimum atomic E-state index is -0.920. The van der Waals surface area contributed by atoms with Crippen molar-refractivity contribution < 1.29 is 18.3 Å². The van der Waals surface area contributed by atoms with Crippen LogP contribution in [0.1, 0.15) is 29.8 Å². The molecule has 3 aromatic heterocycles. The van der Waals surface area contributed by atoms with Gasteiger partial charge in [0.1, 0.15) is 5.82 Å². The van der Waals surface area contributed by atoms with Crippen molar-refractivity contribution in [3.63, 3.8) is 0 Å². The van der Waals surface area contributed by atoms with Crippen molar-refractivity contribution in [1.82, 2.24) is 34.4 Å². The van der Waals surface area contributed by atoms with Gasteiger partial charge in [0.05, 0.1) is 35.8 Å². The molecular formula is C31H36F2N8O2. The molecule has 1 saturated heterocycles. The standard InChI is InChI=1S/C31H36F2N8O2/c1-4-38-14-22-12-21(13-34-26(22)17-38)29-20(2)30(41(37-29)23-8-6-5-7-9-23)36-31(42)35-27-18-39(10-11-43-3)19-28(27)40-15-24(32)25(33)16-40/h5-9,12-13,15-16,27-28H,4,10-11,14,17-19H2,1-3H3,(H2,35,36,42). The number of pyridine rings is 1. The smallest absolute Gasteiger partial charge is 0.320 e. The molecule has 2 aliphatic heterocycles. The Balaban J connectivity index is 1.28. The first kappa shape index (κ1) is 29.0. The number of hydrogen-bond donors (Lipinski definition) is 2. The van der Waals surface area contributed by atoms with Crippen LogP contribution in [0.2, 0.25) is 0 Å². The van der Waals surface area contributed by atoms with Crippen LogP contribution in [-0.4, -0.2) is 81.1 Å². The van der Waals surface area contributed by atoms with Crippen LogP contribution in [0.4, 0.5) is 19.4 Å². The van der Waals surface area contributed by atoms with E-state index >= 15 is 0 Å². The van der Waals surface area contributed by atoms with Gasteiger partial charge in [-0.25, -0.2) is 18.3 Å². The molecule has 43 heavy (non-hydrogen) atoms. The number of urea groups is 1. The monoisotopic (exact) mass is 590 g/mol. The third-order valence-electron chi connectivity index (χ3n) is 8.33. The summed E-state index contributed by atoms with van der Waals surface area (Å²) >= 11 is 0. The molecule has 0 radical (unpaired) electrons. The average molecular weight is 591 g/mol. The van der Waals surface area contributed by atoms with E-state index in [2.05, 4.69) is 33.4 Å². The van der Waals surface area contributed by atoms with Crippen LogP contribution in [0, 0.1) is 18.6 Å². The molecule has 1 fully saturated rings. The van der Waals surface area contributed by atoms with Crippen LogP contribution in [-0.2, 0) is 17.8 Å². The van der Waals surface area contributed by atoms with Crippen molar-refractivity contribution in [2.75, 3.05) is 45.2 Å². The molecule has 5 heterocycles. The Hall–Kier alpha value is -4.13. The Morgan fingerprint density at radius 1 is 1.09 bits per heavy atom. The number of halogens is 2. The van der Waals surface area contributed by atoms with Gasteiger partial charge in [-0.2, -0.15) is 5.10 Å². The number of nitrogens with zero attached hydrogens (tertiary/aromatic N) is 6. The predicted octanol–water partition coefficient (Wildman–Crippen LogP) is 4.35. The van der Waals surface area contributed by atoms with Gasteiger partial charge in [0, 0.05) is 69.6 Å². The number of hydrogen-bond acceptors (Lipinski definition) is 6. The van der Waals surface area contributed by atoms with E-state index in [1.165, 1.54) is 10.1 Å². The van der Waals surface area contributed by atoms with Crippen molar-refractivity contribution in [3.8, 4) is 16.9 Å². The van der Waals surface area contributed by atoms with Gasteiger partial charge in [-0.15, -0.1) is 0 Å². The lowest BCUT2D eigenvalue weighted by atomic mass is 10.1. The molecule has 12 heteroatoms. The predicted molar refractivity (Wildman–Crippen MR) is 159 cm³/mol. The molecule has 0 aliphatic carbocycles. The van der Waals surface area contributed by atoms with Gasteiger partial charge >= 0.3 is 6.03 Å². The first-order valence-corrected chi connectivity index (χ1v) is 14.5. The highest BCUT2D eigenvalue weighted by Crippen LogP contribution is 2.33. The summed E-state index contributed by atoms with van der Waals surface area (Å²) in [6, 6.07) is 10.5. The molecule has 2 unspecified atom stereocenters. The topological polar surface area (TPSA) is 92.5 Å². The van der Waals surface area contributed by atoms with Gasteiger partial charge < -0.3 is 14.6 Å². The lowest BCUT2D eigenvalue weighted by molar-refractivity contribution is 0.158. The highest BCUT2D eigenvalue weighted by atomic mass is 19.2. The van der Waals surface area contributed by atoms with E-state index < -0.39 is 23.7 Å². The van der Waals surface area contributed by atoms with Crippen molar-refractivity contribution >= 4 is 11.8 Å². The molecular weight excluding hydrogens is 554 g/mol. The maximum absolute atomic E-state index is 13.9. The Bertz CT molecular complexity index is 1590. The average Bonchev–Trinajstić information content (AvgIpc) is 3.77. The van der Waals surface area contributed by atoms with Crippen LogP contribution in [0.15, 0.2) is 55.0 Å². The zero-order chi connectivity index (χ0) is 30.1. The number of anilines is 1. The number of likely N-dealkylation sites (tertiary alicyclic amines) is 1. The van der Waals surface area contributed by atoms with E-state index in [-0.39, 0.29) is 6.04 Å². The number of rotatable bonds is 9. The highest BCUT2D eigenvalue weighted by Gasteiger charge is 2.36. The Morgan fingerprint density at radius 2 is 1.86 bits per heavy atom. The highest BCUT2D eigenvalue weighted by molar-refractivity contribution is 5.91. The second kappa shape index (κ2) is 12.2. The van der Waals surface area contributed by atoms with Gasteiger partial charge in [-0.3, -0.25) is 20.1 Å². The van der Waals surface area contributed by atoms with Crippen LogP contribution >= 0.6 is 0 Å². The van der Waals surface area contributed by atoms with Crippen LogP contribution < -0.4 is 10.6 Å². The van der Waals surface area contributed by atoms with Gasteiger partial charge in [0.15, 0.2) is 11.6 Å². The first-order valence-electron chi connectivity index (χ1n) is 14.5. The number of fused-ring (bicyclic) bond motifs is 1. The van der Waals surface area contributed by atoms with E-state index in [0.29, 0.717) is 32.1 Å². The SMILES string of the molecule is CCN1Cc2cc(-c3nn(-c4ccccc4)c(NC(=O)NC4CN(CCOC)CC4n4cc(F)c(F)c4)c3C)cnc2C1. The third-order valence-corrected chi connectivity index (χ3v) is 8.33. The number of carbonyl (C=O) groups is 1. The van der Waals surface area contributed by atoms with Gasteiger partial charge in [0.2, 0.25) is 0 Å². The van der Waals surface area contributed by atoms with Gasteiger partial charge in [0.25, 0.3) is 0 Å². The number of para-hydroxylation sites is 1. The minimum absolute atomic E-state index is 0.363. The largest absolute Gasteiger partial charge is 0.383 e. The molecule has 2 N–H and O–H groups in total. The lowest BCUT2D eigenvalue weighted by Gasteiger charge is -2.22. The minimum Gasteiger partial charge on any atom is -0.383 e. The zero-order valence-electron chi connectivity index (χ0n) is 24.6. The lowest BCUT2D eigenvalue weighted by Crippen LogP contribution is -2.43. The Labute approximate surface area is 249 Å². The summed E-state index contributed by atoms with van der Waals surface area (Å²) in [5.74, 6) is -1.31. The van der Waals surface area contributed by atoms with Gasteiger partial charge in [-0.1, -0.05) is 25.1 Å². The fraction of sp³-hybridized carbons (Fsp3) is 0.387. The number of aromatic nitrogens is 4. The van der Waals surface area contributed by atoms with Crippen LogP contribution in [0.5, 0.6) is 0 Å². The second-order valence-electron chi connectivity index (χ2n) is 11.1. The molecule has 0 bridgehead atoms. The molecule has 226 valence electrons. The van der Waals surface area contributed by atoms with Crippen LogP contribution in [0.25, 0.3) is 16.9 Å². The summed E-state index contributed by atoms with van der Waals surface area (Å²) in [4.78, 5) is 22.7. The summed E-state index contributed by atoms with van der Waals surface area (Å²) in [6.07, 6.45) is 4.12. The fourth-order valence-corrected chi connectivity index (χ4v) is 5.99. The molecule has 10 nitrogen and oxygen atoms in total. The maximum Gasteiger partial charge on any atom is 0.320 e. The van der Waals surface area contributed by atoms with Crippen molar-refractivity contribution in [2.24, 2.45) is 0 Å². The summed E-state index contributed by atoms with van der Waals surface area (Å²) in [7, 11) is 1.62. The third kappa shape index (κ3) is 5.90. The number of methoxy groups -OCH3 is 1. The molecule has 2 atom stereocenters. The van der Waals surface area contributed by atoms with E-state index in [1.54, 1.807) is 11.8 Å².